The van der Waals surface area contributed by atoms with Gasteiger partial charge in [-0.15, -0.1) is 10.2 Å². The van der Waals surface area contributed by atoms with E-state index in [0.717, 1.165) is 69.7 Å². The fourth-order valence-electron chi connectivity index (χ4n) is 7.65. The highest BCUT2D eigenvalue weighted by Gasteiger charge is 2.44. The molecule has 1 spiro atoms. The number of hydrogen-bond donors (Lipinski definition) is 1. The molecule has 1 saturated carbocycles. The van der Waals surface area contributed by atoms with E-state index in [-0.39, 0.29) is 41.0 Å². The van der Waals surface area contributed by atoms with Crippen molar-refractivity contribution in [1.29, 1.82) is 0 Å². The van der Waals surface area contributed by atoms with Crippen LogP contribution in [0.2, 0.25) is 0 Å². The first-order valence-corrected chi connectivity index (χ1v) is 15.1. The van der Waals surface area contributed by atoms with Gasteiger partial charge in [-0.25, -0.2) is 0 Å². The number of alkyl halides is 3. The van der Waals surface area contributed by atoms with Crippen molar-refractivity contribution >= 4 is 11.6 Å². The fourth-order valence-corrected chi connectivity index (χ4v) is 7.65. The lowest BCUT2D eigenvalue weighted by atomic mass is 9.72. The van der Waals surface area contributed by atoms with Gasteiger partial charge < -0.3 is 14.8 Å². The number of halogens is 3. The first-order chi connectivity index (χ1) is 20.1. The maximum Gasteiger partial charge on any atom is 0.416 e. The van der Waals surface area contributed by atoms with Crippen LogP contribution in [-0.2, 0) is 19.8 Å². The van der Waals surface area contributed by atoms with Crippen LogP contribution in [0.3, 0.4) is 0 Å². The highest BCUT2D eigenvalue weighted by molar-refractivity contribution is 6.10. The number of hydrogen-bond acceptors (Lipinski definition) is 5. The molecule has 10 heteroatoms. The van der Waals surface area contributed by atoms with E-state index in [2.05, 4.69) is 20.4 Å². The second kappa shape index (κ2) is 10.2. The zero-order valence-electron chi connectivity index (χ0n) is 24.1. The van der Waals surface area contributed by atoms with Crippen molar-refractivity contribution in [2.24, 2.45) is 18.4 Å². The molecule has 42 heavy (non-hydrogen) atoms. The molecule has 1 N–H and O–H groups in total. The molecule has 7 nitrogen and oxygen atoms in total. The van der Waals surface area contributed by atoms with Crippen LogP contribution < -0.4 is 10.2 Å². The molecule has 2 saturated heterocycles. The average Bonchev–Trinajstić information content (AvgIpc) is 3.74. The number of aromatic nitrogens is 3. The third kappa shape index (κ3) is 4.63. The second-order valence-corrected chi connectivity index (χ2v) is 12.9. The molecule has 3 aliphatic heterocycles. The molecule has 1 aliphatic carbocycles. The highest BCUT2D eigenvalue weighted by atomic mass is 19.4. The highest BCUT2D eigenvalue weighted by Crippen LogP contribution is 2.46. The predicted molar refractivity (Wildman–Crippen MR) is 153 cm³/mol. The van der Waals surface area contributed by atoms with E-state index >= 15 is 0 Å². The number of nitrogens with zero attached hydrogens (tertiary/aromatic N) is 5. The van der Waals surface area contributed by atoms with E-state index < -0.39 is 11.7 Å². The third-order valence-corrected chi connectivity index (χ3v) is 10.4. The van der Waals surface area contributed by atoms with Crippen LogP contribution in [0.4, 0.5) is 18.9 Å². The number of rotatable bonds is 6. The zero-order chi connectivity index (χ0) is 29.2. The van der Waals surface area contributed by atoms with Gasteiger partial charge in [0.15, 0.2) is 0 Å². The minimum absolute atomic E-state index is 0.0169. The van der Waals surface area contributed by atoms with Crippen molar-refractivity contribution in [3.05, 3.63) is 76.4 Å². The van der Waals surface area contributed by atoms with Gasteiger partial charge in [-0.3, -0.25) is 9.69 Å². The topological polar surface area (TPSA) is 66.3 Å². The molecule has 3 aromatic rings. The number of likely N-dealkylation sites (tertiary alicyclic amines) is 1. The van der Waals surface area contributed by atoms with E-state index in [1.54, 1.807) is 12.4 Å². The van der Waals surface area contributed by atoms with Crippen LogP contribution in [0.15, 0.2) is 42.7 Å². The Morgan fingerprint density at radius 2 is 1.95 bits per heavy atom. The van der Waals surface area contributed by atoms with Crippen LogP contribution in [0.25, 0.3) is 0 Å². The predicted octanol–water partition coefficient (Wildman–Crippen LogP) is 5.67. The quantitative estimate of drug-likeness (QED) is 0.408. The molecule has 4 heterocycles. The summed E-state index contributed by atoms with van der Waals surface area (Å²) in [5.41, 5.74) is 1.91. The SMILES string of the molecule is C[C@@H](c1cc2c(c(C(F)(F)F)c1)CN(c1cccc([C@H](c3nncn3C)C3CCC3)c1)C2=O)N1CC[C@]2(CCNC2)C1. The summed E-state index contributed by atoms with van der Waals surface area (Å²) in [5.74, 6) is 0.921. The number of carbonyl (C=O) groups excluding carboxylic acids is 1. The Balaban J connectivity index is 1.21. The maximum atomic E-state index is 14.5. The van der Waals surface area contributed by atoms with Crippen molar-refractivity contribution < 1.29 is 18.0 Å². The summed E-state index contributed by atoms with van der Waals surface area (Å²) < 4.78 is 45.4. The van der Waals surface area contributed by atoms with E-state index in [9.17, 15) is 18.0 Å². The minimum Gasteiger partial charge on any atom is -0.320 e. The molecule has 3 atom stereocenters. The van der Waals surface area contributed by atoms with Crippen LogP contribution in [-0.4, -0.2) is 51.8 Å². The lowest BCUT2D eigenvalue weighted by Crippen LogP contribution is -2.31. The minimum atomic E-state index is -4.56. The van der Waals surface area contributed by atoms with Gasteiger partial charge in [0.2, 0.25) is 0 Å². The summed E-state index contributed by atoms with van der Waals surface area (Å²) in [7, 11) is 1.93. The number of benzene rings is 2. The Bertz CT molecular complexity index is 1510. The Kier molecular flexibility index (Phi) is 6.69. The van der Waals surface area contributed by atoms with Gasteiger partial charge in [-0.05, 0) is 98.0 Å². The van der Waals surface area contributed by atoms with E-state index in [1.165, 1.54) is 11.0 Å². The first kappa shape index (κ1) is 27.6. The number of anilines is 1. The molecular formula is C32H37F3N6O. The first-order valence-electron chi connectivity index (χ1n) is 15.1. The van der Waals surface area contributed by atoms with Crippen molar-refractivity contribution in [3.8, 4) is 0 Å². The number of amides is 1. The fraction of sp³-hybridized carbons (Fsp3) is 0.531. The smallest absolute Gasteiger partial charge is 0.320 e. The zero-order valence-corrected chi connectivity index (χ0v) is 24.1. The van der Waals surface area contributed by atoms with Gasteiger partial charge in [0.25, 0.3) is 5.91 Å². The lowest BCUT2D eigenvalue weighted by Gasteiger charge is -2.33. The summed E-state index contributed by atoms with van der Waals surface area (Å²) in [6, 6.07) is 10.5. The number of aryl methyl sites for hydroxylation is 1. The van der Waals surface area contributed by atoms with Crippen LogP contribution in [0.1, 0.15) is 89.4 Å². The summed E-state index contributed by atoms with van der Waals surface area (Å²) >= 11 is 0. The summed E-state index contributed by atoms with van der Waals surface area (Å²) in [5, 5.41) is 11.9. The Morgan fingerprint density at radius 1 is 1.12 bits per heavy atom. The van der Waals surface area contributed by atoms with E-state index in [1.807, 2.05) is 42.8 Å². The van der Waals surface area contributed by atoms with Gasteiger partial charge in [-0.2, -0.15) is 13.2 Å². The van der Waals surface area contributed by atoms with Gasteiger partial charge in [-0.1, -0.05) is 18.6 Å². The molecule has 7 rings (SSSR count). The molecule has 0 bridgehead atoms. The number of carbonyl (C=O) groups is 1. The van der Waals surface area contributed by atoms with Gasteiger partial charge >= 0.3 is 6.18 Å². The lowest BCUT2D eigenvalue weighted by molar-refractivity contribution is -0.138. The average molecular weight is 579 g/mol. The summed E-state index contributed by atoms with van der Waals surface area (Å²) in [6.45, 7) is 5.53. The summed E-state index contributed by atoms with van der Waals surface area (Å²) in [6.07, 6.45) is 2.60. The third-order valence-electron chi connectivity index (χ3n) is 10.4. The van der Waals surface area contributed by atoms with Crippen LogP contribution in [0, 0.1) is 11.3 Å². The molecule has 0 unspecified atom stereocenters. The molecule has 3 fully saturated rings. The van der Waals surface area contributed by atoms with Gasteiger partial charge in [0.05, 0.1) is 12.1 Å². The van der Waals surface area contributed by atoms with Crippen molar-refractivity contribution in [1.82, 2.24) is 25.0 Å². The number of nitrogens with one attached hydrogen (secondary N) is 1. The van der Waals surface area contributed by atoms with Crippen molar-refractivity contribution in [2.75, 3.05) is 31.1 Å². The summed E-state index contributed by atoms with van der Waals surface area (Å²) in [4.78, 5) is 17.6. The van der Waals surface area contributed by atoms with Crippen molar-refractivity contribution in [3.63, 3.8) is 0 Å². The Morgan fingerprint density at radius 3 is 2.62 bits per heavy atom. The molecule has 2 aromatic carbocycles. The molecular weight excluding hydrogens is 541 g/mol. The molecule has 222 valence electrons. The Labute approximate surface area is 244 Å². The normalized spacial score (nSPS) is 24.4. The molecule has 1 amide bonds. The van der Waals surface area contributed by atoms with Crippen molar-refractivity contribution in [2.45, 2.75) is 63.7 Å². The largest absolute Gasteiger partial charge is 0.416 e. The monoisotopic (exact) mass is 578 g/mol. The molecule has 4 aliphatic rings. The second-order valence-electron chi connectivity index (χ2n) is 12.9. The molecule has 1 aromatic heterocycles. The van der Waals surface area contributed by atoms with Gasteiger partial charge in [0.1, 0.15) is 12.2 Å². The maximum absolute atomic E-state index is 14.5. The van der Waals surface area contributed by atoms with Crippen LogP contribution >= 0.6 is 0 Å². The Hall–Kier alpha value is -3.24. The standard InChI is InChI=1S/C32H37F3N6O/c1-20(40-12-10-31(18-40)9-11-36-17-31)23-14-25-26(27(15-23)32(33,34)35)16-41(30(25)42)24-8-4-7-22(13-24)28(21-5-3-6-21)29-38-37-19-39(29)2/h4,7-8,13-15,19-21,28,36H,3,5-6,9-12,16-18H2,1-2H3/t20-,28+,31-/m0/s1. The van der Waals surface area contributed by atoms with Gasteiger partial charge in [0, 0.05) is 43.3 Å². The van der Waals surface area contributed by atoms with Crippen LogP contribution in [0.5, 0.6) is 0 Å². The molecule has 0 radical (unpaired) electrons. The van der Waals surface area contributed by atoms with E-state index in [0.29, 0.717) is 17.2 Å². The van der Waals surface area contributed by atoms with E-state index in [4.69, 9.17) is 0 Å². The number of fused-ring (bicyclic) bond motifs is 1.